The Kier molecular flexibility index (Phi) is 4.61. The van der Waals surface area contributed by atoms with Gasteiger partial charge in [0.15, 0.2) is 5.22 Å². The molecule has 102 valence electrons. The van der Waals surface area contributed by atoms with Crippen LogP contribution in [0.1, 0.15) is 36.1 Å². The molecular weight excluding hydrogens is 265 g/mol. The second kappa shape index (κ2) is 6.22. The SMILES string of the molecule is CCCNC(c1cc(F)ccc1C)c1ccoc1Cl. The van der Waals surface area contributed by atoms with Crippen molar-refractivity contribution < 1.29 is 8.81 Å². The van der Waals surface area contributed by atoms with E-state index in [-0.39, 0.29) is 11.9 Å². The average Bonchev–Trinajstić information content (AvgIpc) is 2.80. The van der Waals surface area contributed by atoms with E-state index in [1.54, 1.807) is 18.4 Å². The van der Waals surface area contributed by atoms with Gasteiger partial charge in [-0.15, -0.1) is 0 Å². The first-order valence-corrected chi connectivity index (χ1v) is 6.73. The first kappa shape index (κ1) is 14.1. The molecule has 0 spiro atoms. The molecule has 0 aliphatic carbocycles. The number of nitrogens with one attached hydrogen (secondary N) is 1. The van der Waals surface area contributed by atoms with Crippen LogP contribution in [0.3, 0.4) is 0 Å². The first-order valence-electron chi connectivity index (χ1n) is 6.35. The third-order valence-electron chi connectivity index (χ3n) is 3.11. The molecular formula is C15H17ClFNO. The number of halogens is 2. The van der Waals surface area contributed by atoms with Crippen LogP contribution in [0.15, 0.2) is 34.9 Å². The van der Waals surface area contributed by atoms with Gasteiger partial charge in [-0.2, -0.15) is 0 Å². The van der Waals surface area contributed by atoms with Gasteiger partial charge in [-0.3, -0.25) is 0 Å². The minimum absolute atomic E-state index is 0.151. The van der Waals surface area contributed by atoms with Crippen molar-refractivity contribution in [2.45, 2.75) is 26.3 Å². The first-order chi connectivity index (χ1) is 9.13. The van der Waals surface area contributed by atoms with E-state index in [0.29, 0.717) is 5.22 Å². The molecule has 1 N–H and O–H groups in total. The van der Waals surface area contributed by atoms with E-state index in [2.05, 4.69) is 12.2 Å². The Morgan fingerprint density at radius 3 is 2.74 bits per heavy atom. The van der Waals surface area contributed by atoms with Gasteiger partial charge in [0.1, 0.15) is 5.82 Å². The Morgan fingerprint density at radius 1 is 1.32 bits per heavy atom. The molecule has 1 heterocycles. The Bertz CT molecular complexity index is 553. The quantitative estimate of drug-likeness (QED) is 0.875. The van der Waals surface area contributed by atoms with E-state index in [1.807, 2.05) is 13.0 Å². The van der Waals surface area contributed by atoms with Gasteiger partial charge in [0.05, 0.1) is 12.3 Å². The molecule has 0 saturated carbocycles. The lowest BCUT2D eigenvalue weighted by Crippen LogP contribution is -2.24. The molecule has 0 amide bonds. The zero-order chi connectivity index (χ0) is 13.8. The highest BCUT2D eigenvalue weighted by Gasteiger charge is 2.20. The molecule has 19 heavy (non-hydrogen) atoms. The number of rotatable bonds is 5. The number of hydrogen-bond acceptors (Lipinski definition) is 2. The minimum atomic E-state index is -0.247. The Morgan fingerprint density at radius 2 is 2.11 bits per heavy atom. The number of furan rings is 1. The molecule has 2 aromatic rings. The van der Waals surface area contributed by atoms with Crippen LogP contribution in [0.2, 0.25) is 5.22 Å². The summed E-state index contributed by atoms with van der Waals surface area (Å²) in [6, 6.07) is 6.46. The largest absolute Gasteiger partial charge is 0.453 e. The number of aryl methyl sites for hydroxylation is 1. The van der Waals surface area contributed by atoms with Crippen LogP contribution in [0.25, 0.3) is 0 Å². The molecule has 1 atom stereocenters. The van der Waals surface area contributed by atoms with E-state index in [9.17, 15) is 4.39 Å². The van der Waals surface area contributed by atoms with Crippen molar-refractivity contribution in [3.05, 3.63) is 58.3 Å². The molecule has 0 aliphatic heterocycles. The third-order valence-corrected chi connectivity index (χ3v) is 3.42. The van der Waals surface area contributed by atoms with E-state index >= 15 is 0 Å². The summed E-state index contributed by atoms with van der Waals surface area (Å²) in [5.74, 6) is -0.247. The lowest BCUT2D eigenvalue weighted by atomic mass is 9.96. The van der Waals surface area contributed by atoms with Gasteiger partial charge in [-0.05, 0) is 60.8 Å². The minimum Gasteiger partial charge on any atom is -0.453 e. The van der Waals surface area contributed by atoms with Crippen molar-refractivity contribution in [1.82, 2.24) is 5.32 Å². The Balaban J connectivity index is 2.42. The number of benzene rings is 1. The van der Waals surface area contributed by atoms with E-state index in [4.69, 9.17) is 16.0 Å². The standard InChI is InChI=1S/C15H17ClFNO/c1-3-7-18-14(12-6-8-19-15(12)16)13-9-11(17)5-4-10(13)2/h4-6,8-9,14,18H,3,7H2,1-2H3. The van der Waals surface area contributed by atoms with E-state index in [1.165, 1.54) is 6.07 Å². The van der Waals surface area contributed by atoms with Crippen molar-refractivity contribution in [1.29, 1.82) is 0 Å². The molecule has 0 fully saturated rings. The topological polar surface area (TPSA) is 25.2 Å². The summed E-state index contributed by atoms with van der Waals surface area (Å²) in [6.45, 7) is 4.87. The highest BCUT2D eigenvalue weighted by molar-refractivity contribution is 6.29. The van der Waals surface area contributed by atoms with Crippen LogP contribution in [-0.4, -0.2) is 6.54 Å². The molecule has 4 heteroatoms. The zero-order valence-electron chi connectivity index (χ0n) is 11.0. The fourth-order valence-corrected chi connectivity index (χ4v) is 2.33. The summed E-state index contributed by atoms with van der Waals surface area (Å²) in [6.07, 6.45) is 2.53. The van der Waals surface area contributed by atoms with Crippen LogP contribution >= 0.6 is 11.6 Å². The van der Waals surface area contributed by atoms with Gasteiger partial charge in [-0.1, -0.05) is 13.0 Å². The van der Waals surface area contributed by atoms with Crippen LogP contribution in [0, 0.1) is 12.7 Å². The van der Waals surface area contributed by atoms with Gasteiger partial charge in [0.25, 0.3) is 0 Å². The molecule has 1 unspecified atom stereocenters. The fraction of sp³-hybridized carbons (Fsp3) is 0.333. The maximum absolute atomic E-state index is 13.5. The summed E-state index contributed by atoms with van der Waals surface area (Å²) in [5.41, 5.74) is 2.74. The highest BCUT2D eigenvalue weighted by Crippen LogP contribution is 2.31. The summed E-state index contributed by atoms with van der Waals surface area (Å²) in [4.78, 5) is 0. The fourth-order valence-electron chi connectivity index (χ4n) is 2.11. The molecule has 0 aliphatic rings. The van der Waals surface area contributed by atoms with Gasteiger partial charge >= 0.3 is 0 Å². The van der Waals surface area contributed by atoms with Gasteiger partial charge in [-0.25, -0.2) is 4.39 Å². The smallest absolute Gasteiger partial charge is 0.198 e. The highest BCUT2D eigenvalue weighted by atomic mass is 35.5. The normalized spacial score (nSPS) is 12.6. The monoisotopic (exact) mass is 281 g/mol. The molecule has 1 aromatic heterocycles. The van der Waals surface area contributed by atoms with Crippen LogP contribution in [0.5, 0.6) is 0 Å². The lowest BCUT2D eigenvalue weighted by Gasteiger charge is -2.20. The second-order valence-corrected chi connectivity index (χ2v) is 4.88. The lowest BCUT2D eigenvalue weighted by molar-refractivity contribution is 0.547. The van der Waals surface area contributed by atoms with Crippen molar-refractivity contribution in [3.8, 4) is 0 Å². The van der Waals surface area contributed by atoms with Crippen LogP contribution < -0.4 is 5.32 Å². The summed E-state index contributed by atoms with van der Waals surface area (Å²) in [5, 5.41) is 3.73. The van der Waals surface area contributed by atoms with Gasteiger partial charge < -0.3 is 9.73 Å². The second-order valence-electron chi connectivity index (χ2n) is 4.54. The molecule has 2 rings (SSSR count). The summed E-state index contributed by atoms with van der Waals surface area (Å²) in [7, 11) is 0. The maximum atomic E-state index is 13.5. The summed E-state index contributed by atoms with van der Waals surface area (Å²) < 4.78 is 18.6. The van der Waals surface area contributed by atoms with Gasteiger partial charge in [0, 0.05) is 5.56 Å². The van der Waals surface area contributed by atoms with Crippen LogP contribution in [0.4, 0.5) is 4.39 Å². The van der Waals surface area contributed by atoms with Crippen molar-refractivity contribution in [3.63, 3.8) is 0 Å². The summed E-state index contributed by atoms with van der Waals surface area (Å²) >= 11 is 6.06. The molecule has 0 radical (unpaired) electrons. The van der Waals surface area contributed by atoms with Crippen LogP contribution in [-0.2, 0) is 0 Å². The Labute approximate surface area is 117 Å². The van der Waals surface area contributed by atoms with Crippen molar-refractivity contribution in [2.24, 2.45) is 0 Å². The molecule has 2 nitrogen and oxygen atoms in total. The van der Waals surface area contributed by atoms with E-state index in [0.717, 1.165) is 29.7 Å². The van der Waals surface area contributed by atoms with Crippen molar-refractivity contribution in [2.75, 3.05) is 6.54 Å². The van der Waals surface area contributed by atoms with Crippen molar-refractivity contribution >= 4 is 11.6 Å². The number of hydrogen-bond donors (Lipinski definition) is 1. The zero-order valence-corrected chi connectivity index (χ0v) is 11.8. The van der Waals surface area contributed by atoms with Gasteiger partial charge in [0.2, 0.25) is 0 Å². The molecule has 0 bridgehead atoms. The molecule has 0 saturated heterocycles. The average molecular weight is 282 g/mol. The third kappa shape index (κ3) is 3.17. The Hall–Kier alpha value is -1.32. The molecule has 1 aromatic carbocycles. The van der Waals surface area contributed by atoms with E-state index < -0.39 is 0 Å². The predicted octanol–water partition coefficient (Wildman–Crippen LogP) is 4.47. The maximum Gasteiger partial charge on any atom is 0.198 e. The predicted molar refractivity (Wildman–Crippen MR) is 75.0 cm³/mol.